The van der Waals surface area contributed by atoms with Crippen molar-refractivity contribution >= 4 is 45.0 Å². The van der Waals surface area contributed by atoms with Crippen LogP contribution in [0.3, 0.4) is 0 Å². The molecule has 0 radical (unpaired) electrons. The number of benzene rings is 2. The molecule has 158 valence electrons. The first-order chi connectivity index (χ1) is 14.4. The van der Waals surface area contributed by atoms with Crippen LogP contribution < -0.4 is 10.6 Å². The third kappa shape index (κ3) is 6.22. The maximum Gasteiger partial charge on any atom is 0.250 e. The Morgan fingerprint density at radius 1 is 0.933 bits per heavy atom. The average Bonchev–Trinajstić information content (AvgIpc) is 3.03. The van der Waals surface area contributed by atoms with E-state index in [2.05, 4.69) is 10.6 Å². The first-order valence-corrected chi connectivity index (χ1v) is 11.8. The van der Waals surface area contributed by atoms with Crippen LogP contribution in [0.1, 0.15) is 31.2 Å². The van der Waals surface area contributed by atoms with E-state index >= 15 is 0 Å². The molecule has 1 heterocycles. The lowest BCUT2D eigenvalue weighted by molar-refractivity contribution is -0.115. The Kier molecular flexibility index (Phi) is 7.73. The summed E-state index contributed by atoms with van der Waals surface area (Å²) in [6, 6.07) is 15.9. The highest BCUT2D eigenvalue weighted by molar-refractivity contribution is 7.89. The number of carbonyl (C=O) groups excluding carboxylic acids is 1. The highest BCUT2D eigenvalue weighted by atomic mass is 32.2. The van der Waals surface area contributed by atoms with Crippen molar-refractivity contribution in [2.45, 2.75) is 30.6 Å². The number of nitrogens with zero attached hydrogens (tertiary/aromatic N) is 1. The zero-order valence-corrected chi connectivity index (χ0v) is 18.2. The Morgan fingerprint density at radius 2 is 1.57 bits per heavy atom. The van der Waals surface area contributed by atoms with Gasteiger partial charge >= 0.3 is 0 Å². The Balaban J connectivity index is 1.56. The number of anilines is 1. The highest BCUT2D eigenvalue weighted by Crippen LogP contribution is 2.21. The third-order valence-electron chi connectivity index (χ3n) is 4.78. The van der Waals surface area contributed by atoms with Crippen LogP contribution in [0.15, 0.2) is 65.6 Å². The number of sulfonamides is 1. The van der Waals surface area contributed by atoms with Crippen LogP contribution in [-0.2, 0) is 14.8 Å². The minimum atomic E-state index is -3.49. The summed E-state index contributed by atoms with van der Waals surface area (Å²) in [5.74, 6) is -0.350. The van der Waals surface area contributed by atoms with Crippen molar-refractivity contribution in [1.29, 1.82) is 0 Å². The molecule has 6 nitrogen and oxygen atoms in total. The van der Waals surface area contributed by atoms with E-state index in [-0.39, 0.29) is 15.9 Å². The fraction of sp³-hybridized carbons (Fsp3) is 0.273. The van der Waals surface area contributed by atoms with Gasteiger partial charge in [-0.1, -0.05) is 43.2 Å². The molecule has 3 rings (SSSR count). The van der Waals surface area contributed by atoms with Crippen molar-refractivity contribution in [2.75, 3.05) is 18.4 Å². The molecule has 0 spiro atoms. The number of rotatable bonds is 5. The maximum atomic E-state index is 12.8. The number of carbonyl (C=O) groups is 1. The molecular weight excluding hydrogens is 418 g/mol. The number of amides is 1. The summed E-state index contributed by atoms with van der Waals surface area (Å²) in [6.45, 7) is 1.13. The van der Waals surface area contributed by atoms with Gasteiger partial charge in [-0.2, -0.15) is 4.31 Å². The molecule has 2 N–H and O–H groups in total. The van der Waals surface area contributed by atoms with Gasteiger partial charge in [0.1, 0.15) is 0 Å². The van der Waals surface area contributed by atoms with Crippen LogP contribution in [0.2, 0.25) is 0 Å². The largest absolute Gasteiger partial charge is 0.332 e. The van der Waals surface area contributed by atoms with Gasteiger partial charge in [-0.25, -0.2) is 8.42 Å². The van der Waals surface area contributed by atoms with Crippen LogP contribution in [0, 0.1) is 0 Å². The minimum Gasteiger partial charge on any atom is -0.332 e. The van der Waals surface area contributed by atoms with Crippen molar-refractivity contribution < 1.29 is 13.2 Å². The molecule has 2 aromatic carbocycles. The molecule has 1 saturated heterocycles. The molecule has 0 saturated carbocycles. The van der Waals surface area contributed by atoms with Crippen molar-refractivity contribution in [3.8, 4) is 0 Å². The minimum absolute atomic E-state index is 0.140. The molecule has 0 aromatic heterocycles. The second-order valence-electron chi connectivity index (χ2n) is 7.03. The summed E-state index contributed by atoms with van der Waals surface area (Å²) in [4.78, 5) is 12.3. The number of thiocarbonyl (C=S) groups is 1. The molecule has 0 atom stereocenters. The Labute approximate surface area is 183 Å². The van der Waals surface area contributed by atoms with Gasteiger partial charge in [0.05, 0.1) is 4.90 Å². The maximum absolute atomic E-state index is 12.8. The van der Waals surface area contributed by atoms with Crippen LogP contribution in [-0.4, -0.2) is 36.8 Å². The molecule has 1 aliphatic rings. The van der Waals surface area contributed by atoms with E-state index in [0.29, 0.717) is 18.8 Å². The second kappa shape index (κ2) is 10.5. The van der Waals surface area contributed by atoms with Crippen molar-refractivity contribution in [3.05, 3.63) is 66.2 Å². The topological polar surface area (TPSA) is 78.5 Å². The zero-order valence-electron chi connectivity index (χ0n) is 16.6. The van der Waals surface area contributed by atoms with Crippen LogP contribution >= 0.6 is 12.2 Å². The van der Waals surface area contributed by atoms with Gasteiger partial charge in [0.2, 0.25) is 15.9 Å². The average molecular weight is 444 g/mol. The third-order valence-corrected chi connectivity index (χ3v) is 6.90. The molecule has 1 amide bonds. The summed E-state index contributed by atoms with van der Waals surface area (Å²) in [5.41, 5.74) is 1.51. The van der Waals surface area contributed by atoms with Gasteiger partial charge in [0.25, 0.3) is 0 Å². The fourth-order valence-electron chi connectivity index (χ4n) is 3.19. The van der Waals surface area contributed by atoms with E-state index in [4.69, 9.17) is 12.2 Å². The molecular formula is C22H25N3O3S2. The summed E-state index contributed by atoms with van der Waals surface area (Å²) < 4.78 is 27.2. The van der Waals surface area contributed by atoms with Crippen LogP contribution in [0.4, 0.5) is 5.69 Å². The number of hydrogen-bond acceptors (Lipinski definition) is 4. The summed E-state index contributed by atoms with van der Waals surface area (Å²) in [6.07, 6.45) is 7.02. The number of hydrogen-bond donors (Lipinski definition) is 2. The molecule has 1 aliphatic heterocycles. The normalized spacial score (nSPS) is 15.5. The van der Waals surface area contributed by atoms with E-state index in [1.807, 2.05) is 30.3 Å². The smallest absolute Gasteiger partial charge is 0.250 e. The van der Waals surface area contributed by atoms with E-state index in [9.17, 15) is 13.2 Å². The van der Waals surface area contributed by atoms with E-state index in [1.165, 1.54) is 6.08 Å². The monoisotopic (exact) mass is 443 g/mol. The van der Waals surface area contributed by atoms with Crippen LogP contribution in [0.25, 0.3) is 6.08 Å². The highest BCUT2D eigenvalue weighted by Gasteiger charge is 2.24. The first kappa shape index (κ1) is 22.1. The Hall–Kier alpha value is -2.55. The zero-order chi connectivity index (χ0) is 21.4. The van der Waals surface area contributed by atoms with Gasteiger partial charge in [-0.05, 0) is 61.0 Å². The second-order valence-corrected chi connectivity index (χ2v) is 9.38. The SMILES string of the molecule is O=C(/C=C/c1ccccc1)NC(=S)Nc1ccc(S(=O)(=O)N2CCCCCC2)cc1. The van der Waals surface area contributed by atoms with Crippen molar-refractivity contribution in [1.82, 2.24) is 9.62 Å². The molecule has 2 aromatic rings. The van der Waals surface area contributed by atoms with Gasteiger partial charge < -0.3 is 5.32 Å². The molecule has 0 unspecified atom stereocenters. The summed E-state index contributed by atoms with van der Waals surface area (Å²) >= 11 is 5.16. The van der Waals surface area contributed by atoms with Gasteiger partial charge in [0, 0.05) is 24.9 Å². The number of nitrogens with one attached hydrogen (secondary N) is 2. The predicted octanol–water partition coefficient (Wildman–Crippen LogP) is 3.78. The first-order valence-electron chi connectivity index (χ1n) is 9.90. The quantitative estimate of drug-likeness (QED) is 0.543. The van der Waals surface area contributed by atoms with Gasteiger partial charge in [0.15, 0.2) is 5.11 Å². The van der Waals surface area contributed by atoms with Crippen molar-refractivity contribution in [2.24, 2.45) is 0 Å². The Morgan fingerprint density at radius 3 is 2.20 bits per heavy atom. The fourth-order valence-corrected chi connectivity index (χ4v) is 4.93. The van der Waals surface area contributed by atoms with E-state index < -0.39 is 10.0 Å². The predicted molar refractivity (Wildman–Crippen MR) is 124 cm³/mol. The van der Waals surface area contributed by atoms with Gasteiger partial charge in [-0.15, -0.1) is 0 Å². The Bertz CT molecular complexity index is 996. The summed E-state index contributed by atoms with van der Waals surface area (Å²) in [7, 11) is -3.49. The van der Waals surface area contributed by atoms with E-state index in [1.54, 1.807) is 34.6 Å². The van der Waals surface area contributed by atoms with E-state index in [0.717, 1.165) is 31.2 Å². The molecule has 1 fully saturated rings. The molecule has 8 heteroatoms. The molecule has 0 bridgehead atoms. The lowest BCUT2D eigenvalue weighted by Crippen LogP contribution is -2.33. The lowest BCUT2D eigenvalue weighted by Gasteiger charge is -2.20. The molecule has 0 aliphatic carbocycles. The molecule has 30 heavy (non-hydrogen) atoms. The standard InChI is InChI=1S/C22H25N3O3S2/c26-21(15-10-18-8-4-3-5-9-18)24-22(29)23-19-11-13-20(14-12-19)30(27,28)25-16-6-1-2-7-17-25/h3-5,8-15H,1-2,6-7,16-17H2,(H2,23,24,26,29)/b15-10+. The van der Waals surface area contributed by atoms with Gasteiger partial charge in [-0.3, -0.25) is 10.1 Å². The summed E-state index contributed by atoms with van der Waals surface area (Å²) in [5, 5.41) is 5.61. The lowest BCUT2D eigenvalue weighted by atomic mass is 10.2. The van der Waals surface area contributed by atoms with Crippen molar-refractivity contribution in [3.63, 3.8) is 0 Å². The van der Waals surface area contributed by atoms with Crippen LogP contribution in [0.5, 0.6) is 0 Å².